The van der Waals surface area contributed by atoms with Gasteiger partial charge in [-0.15, -0.1) is 0 Å². The van der Waals surface area contributed by atoms with E-state index in [0.717, 1.165) is 0 Å². The summed E-state index contributed by atoms with van der Waals surface area (Å²) >= 11 is 6.25. The highest BCUT2D eigenvalue weighted by Crippen LogP contribution is 2.31. The van der Waals surface area contributed by atoms with Crippen LogP contribution in [0, 0.1) is 22.7 Å². The quantitative estimate of drug-likeness (QED) is 0.448. The van der Waals surface area contributed by atoms with Crippen LogP contribution in [0.4, 0.5) is 5.69 Å². The van der Waals surface area contributed by atoms with Crippen LogP contribution in [-0.4, -0.2) is 42.9 Å². The number of piperidine rings is 1. The molecule has 0 aliphatic carbocycles. The second-order valence-corrected chi connectivity index (χ2v) is 11.1. The van der Waals surface area contributed by atoms with Crippen molar-refractivity contribution >= 4 is 33.2 Å². The maximum absolute atomic E-state index is 12.8. The number of hydrogen-bond donors (Lipinski definition) is 2. The first-order valence-electron chi connectivity index (χ1n) is 11.7. The van der Waals surface area contributed by atoms with Crippen molar-refractivity contribution in [3.05, 3.63) is 82.4 Å². The fourth-order valence-electron chi connectivity index (χ4n) is 3.98. The van der Waals surface area contributed by atoms with Gasteiger partial charge < -0.3 is 15.2 Å². The summed E-state index contributed by atoms with van der Waals surface area (Å²) < 4.78 is 32.8. The first-order chi connectivity index (χ1) is 18.2. The van der Waals surface area contributed by atoms with Gasteiger partial charge in [0.25, 0.3) is 0 Å². The van der Waals surface area contributed by atoms with Crippen molar-refractivity contribution in [1.29, 1.82) is 10.5 Å². The molecule has 1 heterocycles. The Hall–Kier alpha value is -3.93. The molecule has 0 aromatic heterocycles. The summed E-state index contributed by atoms with van der Waals surface area (Å²) in [4.78, 5) is 12.8. The number of amides is 1. The molecule has 2 N–H and O–H groups in total. The summed E-state index contributed by atoms with van der Waals surface area (Å²) in [5.41, 5.74) is 1.56. The van der Waals surface area contributed by atoms with Crippen LogP contribution in [0.25, 0.3) is 0 Å². The third-order valence-electron chi connectivity index (χ3n) is 5.95. The number of ether oxygens (including phenoxy) is 1. The lowest BCUT2D eigenvalue weighted by Crippen LogP contribution is -2.39. The van der Waals surface area contributed by atoms with Gasteiger partial charge in [-0.3, -0.25) is 4.79 Å². The highest BCUT2D eigenvalue weighted by atomic mass is 35.5. The highest BCUT2D eigenvalue weighted by Gasteiger charge is 2.28. The number of carbonyl (C=O) groups is 1. The zero-order valence-corrected chi connectivity index (χ0v) is 21.7. The van der Waals surface area contributed by atoms with Crippen LogP contribution in [-0.2, 0) is 21.2 Å². The van der Waals surface area contributed by atoms with Gasteiger partial charge in [-0.1, -0.05) is 17.7 Å². The topological polar surface area (TPSA) is 144 Å². The van der Waals surface area contributed by atoms with Crippen LogP contribution >= 0.6 is 11.6 Å². The Morgan fingerprint density at radius 2 is 1.66 bits per heavy atom. The molecule has 4 rings (SSSR count). The molecule has 11 heteroatoms. The smallest absolute Gasteiger partial charge is 0.243 e. The maximum atomic E-state index is 12.8. The van der Waals surface area contributed by atoms with Crippen LogP contribution in [0.5, 0.6) is 11.5 Å². The van der Waals surface area contributed by atoms with E-state index in [1.54, 1.807) is 18.2 Å². The third kappa shape index (κ3) is 6.49. The number of hydrogen-bond acceptors (Lipinski definition) is 7. The first kappa shape index (κ1) is 27.1. The Labute approximate surface area is 225 Å². The number of aliphatic hydroxyl groups is 1. The largest absolute Gasteiger partial charge is 0.456 e. The number of aliphatic hydroxyl groups excluding tert-OH is 1. The number of halogens is 1. The van der Waals surface area contributed by atoms with Gasteiger partial charge in [-0.25, -0.2) is 8.42 Å². The van der Waals surface area contributed by atoms with Crippen molar-refractivity contribution in [3.8, 4) is 23.6 Å². The van der Waals surface area contributed by atoms with E-state index in [9.17, 15) is 18.3 Å². The van der Waals surface area contributed by atoms with Crippen molar-refractivity contribution in [2.45, 2.75) is 30.3 Å². The molecule has 1 fully saturated rings. The molecule has 3 aromatic rings. The van der Waals surface area contributed by atoms with Gasteiger partial charge in [0.15, 0.2) is 0 Å². The predicted octanol–water partition coefficient (Wildman–Crippen LogP) is 4.20. The summed E-state index contributed by atoms with van der Waals surface area (Å²) in [6.45, 7) is 0.524. The number of carbonyl (C=O) groups excluding carboxylic acids is 1. The summed E-state index contributed by atoms with van der Waals surface area (Å²) in [5, 5.41) is 31.0. The average Bonchev–Trinajstić information content (AvgIpc) is 2.91. The number of nitrogens with one attached hydrogen (secondary N) is 1. The zero-order valence-electron chi connectivity index (χ0n) is 20.1. The normalized spacial score (nSPS) is 14.3. The fraction of sp³-hybridized carbons (Fsp3) is 0.222. The Bertz CT molecular complexity index is 1500. The fourth-order valence-corrected chi connectivity index (χ4v) is 5.61. The number of nitrogens with zero attached hydrogens (tertiary/aromatic N) is 3. The number of benzene rings is 3. The molecule has 0 unspecified atom stereocenters. The molecule has 1 aliphatic heterocycles. The van der Waals surface area contributed by atoms with E-state index >= 15 is 0 Å². The van der Waals surface area contributed by atoms with E-state index in [4.69, 9.17) is 26.9 Å². The van der Waals surface area contributed by atoms with Crippen LogP contribution in [0.15, 0.2) is 65.6 Å². The standard InChI is InChI=1S/C27H23ClN4O5S/c28-25-6-1-18(14-26(25)37-23-12-19(16-29)11-20(13-23)17-30)15-27(34)31-21-2-4-24(5-3-21)38(35,36)32-9-7-22(33)8-10-32/h1-6,11-14,22,33H,7-10,15H2,(H,31,34). The molecule has 0 saturated carbocycles. The van der Waals surface area contributed by atoms with Crippen molar-refractivity contribution < 1.29 is 23.1 Å². The van der Waals surface area contributed by atoms with E-state index < -0.39 is 16.1 Å². The molecular weight excluding hydrogens is 528 g/mol. The van der Waals surface area contributed by atoms with Crippen LogP contribution < -0.4 is 10.1 Å². The molecule has 0 radical (unpaired) electrons. The molecule has 194 valence electrons. The van der Waals surface area contributed by atoms with Crippen molar-refractivity contribution in [1.82, 2.24) is 4.31 Å². The molecule has 3 aromatic carbocycles. The number of nitriles is 2. The molecule has 1 saturated heterocycles. The van der Waals surface area contributed by atoms with Gasteiger partial charge in [-0.05, 0) is 73.0 Å². The van der Waals surface area contributed by atoms with E-state index in [0.29, 0.717) is 24.1 Å². The Morgan fingerprint density at radius 1 is 1.03 bits per heavy atom. The zero-order chi connectivity index (χ0) is 27.3. The number of anilines is 1. The van der Waals surface area contributed by atoms with Gasteiger partial charge in [0, 0.05) is 18.8 Å². The maximum Gasteiger partial charge on any atom is 0.243 e. The van der Waals surface area contributed by atoms with Crippen LogP contribution in [0.3, 0.4) is 0 Å². The minimum atomic E-state index is -3.68. The molecule has 1 amide bonds. The molecule has 0 atom stereocenters. The molecular formula is C27H23ClN4O5S. The van der Waals surface area contributed by atoms with Crippen molar-refractivity contribution in [2.75, 3.05) is 18.4 Å². The number of rotatable bonds is 7. The third-order valence-corrected chi connectivity index (χ3v) is 8.18. The second-order valence-electron chi connectivity index (χ2n) is 8.72. The van der Waals surface area contributed by atoms with Crippen LogP contribution in [0.2, 0.25) is 5.02 Å². The lowest BCUT2D eigenvalue weighted by atomic mass is 10.1. The van der Waals surface area contributed by atoms with Crippen LogP contribution in [0.1, 0.15) is 29.5 Å². The minimum Gasteiger partial charge on any atom is -0.456 e. The van der Waals surface area contributed by atoms with Gasteiger partial charge in [-0.2, -0.15) is 14.8 Å². The number of sulfonamides is 1. The molecule has 0 spiro atoms. The van der Waals surface area contributed by atoms with E-state index in [2.05, 4.69) is 5.32 Å². The summed E-state index contributed by atoms with van der Waals surface area (Å²) in [7, 11) is -3.68. The summed E-state index contributed by atoms with van der Waals surface area (Å²) in [6.07, 6.45) is 0.315. The molecule has 0 bridgehead atoms. The van der Waals surface area contributed by atoms with Crippen molar-refractivity contribution in [3.63, 3.8) is 0 Å². The van der Waals surface area contributed by atoms with Crippen molar-refractivity contribution in [2.24, 2.45) is 0 Å². The van der Waals surface area contributed by atoms with E-state index in [-0.39, 0.29) is 58.0 Å². The average molecular weight is 551 g/mol. The molecule has 1 aliphatic rings. The second kappa shape index (κ2) is 11.6. The van der Waals surface area contributed by atoms with Gasteiger partial charge in [0.2, 0.25) is 15.9 Å². The van der Waals surface area contributed by atoms with Gasteiger partial charge >= 0.3 is 0 Å². The minimum absolute atomic E-state index is 0.00857. The summed E-state index contributed by atoms with van der Waals surface area (Å²) in [6, 6.07) is 19.1. The Balaban J connectivity index is 1.41. The van der Waals surface area contributed by atoms with E-state index in [1.165, 1.54) is 46.8 Å². The lowest BCUT2D eigenvalue weighted by molar-refractivity contribution is -0.115. The Morgan fingerprint density at radius 3 is 2.26 bits per heavy atom. The monoisotopic (exact) mass is 550 g/mol. The van der Waals surface area contributed by atoms with Gasteiger partial charge in [0.1, 0.15) is 11.5 Å². The van der Waals surface area contributed by atoms with E-state index in [1.807, 2.05) is 12.1 Å². The van der Waals surface area contributed by atoms with Gasteiger partial charge in [0.05, 0.1) is 45.7 Å². The summed E-state index contributed by atoms with van der Waals surface area (Å²) in [5.74, 6) is 0.188. The highest BCUT2D eigenvalue weighted by molar-refractivity contribution is 7.89. The Kier molecular flexibility index (Phi) is 8.30. The predicted molar refractivity (Wildman–Crippen MR) is 140 cm³/mol. The SMILES string of the molecule is N#Cc1cc(C#N)cc(Oc2cc(CC(=O)Nc3ccc(S(=O)(=O)N4CCC(O)CC4)cc3)ccc2Cl)c1. The molecule has 9 nitrogen and oxygen atoms in total. The first-order valence-corrected chi connectivity index (χ1v) is 13.5. The molecule has 38 heavy (non-hydrogen) atoms. The lowest BCUT2D eigenvalue weighted by Gasteiger charge is -2.28.